The summed E-state index contributed by atoms with van der Waals surface area (Å²) in [6.07, 6.45) is 0. The van der Waals surface area contributed by atoms with E-state index in [1.54, 1.807) is 24.3 Å². The van der Waals surface area contributed by atoms with Gasteiger partial charge in [-0.15, -0.1) is 0 Å². The van der Waals surface area contributed by atoms with Crippen LogP contribution in [-0.4, -0.2) is 41.5 Å². The molecule has 1 fully saturated rings. The zero-order chi connectivity index (χ0) is 24.4. The number of aliphatic hydroxyl groups excluding tert-OH is 1. The average Bonchev–Trinajstić information content (AvgIpc) is 3.14. The van der Waals surface area contributed by atoms with Crippen LogP contribution in [0.15, 0.2) is 78.4 Å². The third-order valence-electron chi connectivity index (χ3n) is 6.04. The lowest BCUT2D eigenvalue weighted by atomic mass is 9.95. The molecule has 3 aromatic carbocycles. The predicted molar refractivity (Wildman–Crippen MR) is 129 cm³/mol. The second kappa shape index (κ2) is 9.54. The van der Waals surface area contributed by atoms with Crippen LogP contribution in [0.2, 0.25) is 0 Å². The van der Waals surface area contributed by atoms with Gasteiger partial charge in [0.25, 0.3) is 11.7 Å². The summed E-state index contributed by atoms with van der Waals surface area (Å²) in [5, 5.41) is 11.4. The van der Waals surface area contributed by atoms with Gasteiger partial charge in [-0.05, 0) is 48.4 Å². The number of likely N-dealkylation sites (tertiary alicyclic amines) is 1. The SMILES string of the molecule is CCOc1cccc([C@H]2/C(=C(\O)c3ccc4c(c3)OCCO4)C(=O)C(=O)N2Cc2ccccc2)c1. The summed E-state index contributed by atoms with van der Waals surface area (Å²) in [7, 11) is 0. The van der Waals surface area contributed by atoms with Crippen molar-refractivity contribution in [1.29, 1.82) is 0 Å². The molecule has 2 aliphatic rings. The Balaban J connectivity index is 1.63. The monoisotopic (exact) mass is 471 g/mol. The van der Waals surface area contributed by atoms with Gasteiger partial charge in [0, 0.05) is 12.1 Å². The van der Waals surface area contributed by atoms with Crippen molar-refractivity contribution in [3.63, 3.8) is 0 Å². The van der Waals surface area contributed by atoms with Gasteiger partial charge in [-0.1, -0.05) is 42.5 Å². The van der Waals surface area contributed by atoms with E-state index in [1.807, 2.05) is 55.5 Å². The lowest BCUT2D eigenvalue weighted by Gasteiger charge is -2.26. The summed E-state index contributed by atoms with van der Waals surface area (Å²) in [5.74, 6) is 0.00391. The number of carbonyl (C=O) groups excluding carboxylic acids is 2. The van der Waals surface area contributed by atoms with Gasteiger partial charge >= 0.3 is 0 Å². The number of nitrogens with zero attached hydrogens (tertiary/aromatic N) is 1. The first kappa shape index (κ1) is 22.5. The number of hydrogen-bond donors (Lipinski definition) is 1. The molecule has 1 amide bonds. The van der Waals surface area contributed by atoms with Crippen molar-refractivity contribution in [2.24, 2.45) is 0 Å². The third kappa shape index (κ3) is 4.33. The van der Waals surface area contributed by atoms with Crippen molar-refractivity contribution < 1.29 is 28.9 Å². The molecule has 2 heterocycles. The molecule has 7 heteroatoms. The molecular formula is C28H25NO6. The molecule has 0 saturated carbocycles. The summed E-state index contributed by atoms with van der Waals surface area (Å²) in [6, 6.07) is 20.9. The van der Waals surface area contributed by atoms with Crippen LogP contribution in [-0.2, 0) is 16.1 Å². The third-order valence-corrected chi connectivity index (χ3v) is 6.04. The maximum Gasteiger partial charge on any atom is 0.295 e. The van der Waals surface area contributed by atoms with Crippen LogP contribution in [0.5, 0.6) is 17.2 Å². The van der Waals surface area contributed by atoms with E-state index in [-0.39, 0.29) is 17.9 Å². The first-order valence-corrected chi connectivity index (χ1v) is 11.5. The zero-order valence-corrected chi connectivity index (χ0v) is 19.3. The number of hydrogen-bond acceptors (Lipinski definition) is 6. The highest BCUT2D eigenvalue weighted by Gasteiger charge is 2.46. The molecule has 1 atom stereocenters. The highest BCUT2D eigenvalue weighted by atomic mass is 16.6. The lowest BCUT2D eigenvalue weighted by Crippen LogP contribution is -2.29. The maximum absolute atomic E-state index is 13.3. The summed E-state index contributed by atoms with van der Waals surface area (Å²) in [4.78, 5) is 28.0. The standard InChI is InChI=1S/C28H25NO6/c1-2-33-21-10-6-9-19(15-21)25-24(26(30)20-11-12-22-23(16-20)35-14-13-34-22)27(31)28(32)29(25)17-18-7-4-3-5-8-18/h3-12,15-16,25,30H,2,13-14,17H2,1H3/b26-24+/t25-/m0/s1. The Kier molecular flexibility index (Phi) is 6.14. The van der Waals surface area contributed by atoms with E-state index < -0.39 is 17.7 Å². The van der Waals surface area contributed by atoms with E-state index in [2.05, 4.69) is 0 Å². The number of aliphatic hydroxyl groups is 1. The number of fused-ring (bicyclic) bond motifs is 1. The van der Waals surface area contributed by atoms with E-state index in [1.165, 1.54) is 4.90 Å². The Morgan fingerprint density at radius 2 is 1.74 bits per heavy atom. The van der Waals surface area contributed by atoms with E-state index in [0.717, 1.165) is 5.56 Å². The highest BCUT2D eigenvalue weighted by Crippen LogP contribution is 2.42. The molecular weight excluding hydrogens is 446 g/mol. The second-order valence-electron chi connectivity index (χ2n) is 8.28. The number of carbonyl (C=O) groups is 2. The molecule has 178 valence electrons. The number of ketones is 1. The minimum Gasteiger partial charge on any atom is -0.507 e. The molecule has 1 N–H and O–H groups in total. The molecule has 1 saturated heterocycles. The summed E-state index contributed by atoms with van der Waals surface area (Å²) >= 11 is 0. The van der Waals surface area contributed by atoms with Gasteiger partial charge in [0.2, 0.25) is 0 Å². The number of rotatable bonds is 6. The largest absolute Gasteiger partial charge is 0.507 e. The van der Waals surface area contributed by atoms with Crippen molar-refractivity contribution in [3.05, 3.63) is 95.1 Å². The van der Waals surface area contributed by atoms with E-state index in [9.17, 15) is 14.7 Å². The molecule has 0 spiro atoms. The van der Waals surface area contributed by atoms with Crippen LogP contribution < -0.4 is 14.2 Å². The number of amides is 1. The molecule has 2 aliphatic heterocycles. The fourth-order valence-electron chi connectivity index (χ4n) is 4.46. The molecule has 7 nitrogen and oxygen atoms in total. The fraction of sp³-hybridized carbons (Fsp3) is 0.214. The highest BCUT2D eigenvalue weighted by molar-refractivity contribution is 6.46. The van der Waals surface area contributed by atoms with Crippen molar-refractivity contribution >= 4 is 17.4 Å². The van der Waals surface area contributed by atoms with Crippen LogP contribution in [0.1, 0.15) is 29.7 Å². The smallest absolute Gasteiger partial charge is 0.295 e. The first-order chi connectivity index (χ1) is 17.1. The molecule has 0 aromatic heterocycles. The van der Waals surface area contributed by atoms with Gasteiger partial charge in [-0.3, -0.25) is 9.59 Å². The zero-order valence-electron chi connectivity index (χ0n) is 19.3. The Bertz CT molecular complexity index is 1300. The molecule has 35 heavy (non-hydrogen) atoms. The topological polar surface area (TPSA) is 85.3 Å². The van der Waals surface area contributed by atoms with Gasteiger partial charge in [0.15, 0.2) is 11.5 Å². The maximum atomic E-state index is 13.3. The van der Waals surface area contributed by atoms with Crippen LogP contribution in [0.4, 0.5) is 0 Å². The van der Waals surface area contributed by atoms with Crippen LogP contribution >= 0.6 is 0 Å². The summed E-state index contributed by atoms with van der Waals surface area (Å²) in [5.41, 5.74) is 1.94. The van der Waals surface area contributed by atoms with Gasteiger partial charge in [0.05, 0.1) is 18.2 Å². The number of ether oxygens (including phenoxy) is 3. The number of Topliss-reactive ketones (excluding diaryl/α,β-unsaturated/α-hetero) is 1. The van der Waals surface area contributed by atoms with Crippen molar-refractivity contribution in [2.45, 2.75) is 19.5 Å². The van der Waals surface area contributed by atoms with Gasteiger partial charge < -0.3 is 24.2 Å². The first-order valence-electron chi connectivity index (χ1n) is 11.5. The Morgan fingerprint density at radius 1 is 0.971 bits per heavy atom. The van der Waals surface area contributed by atoms with Crippen LogP contribution in [0.3, 0.4) is 0 Å². The van der Waals surface area contributed by atoms with Crippen LogP contribution in [0, 0.1) is 0 Å². The number of benzene rings is 3. The Hall–Kier alpha value is -4.26. The van der Waals surface area contributed by atoms with E-state index in [0.29, 0.717) is 48.2 Å². The average molecular weight is 472 g/mol. The van der Waals surface area contributed by atoms with Gasteiger partial charge in [-0.2, -0.15) is 0 Å². The van der Waals surface area contributed by atoms with E-state index in [4.69, 9.17) is 14.2 Å². The van der Waals surface area contributed by atoms with Crippen LogP contribution in [0.25, 0.3) is 5.76 Å². The molecule has 5 rings (SSSR count). The van der Waals surface area contributed by atoms with Crippen molar-refractivity contribution in [3.8, 4) is 17.2 Å². The van der Waals surface area contributed by atoms with Gasteiger partial charge in [-0.25, -0.2) is 0 Å². The minimum atomic E-state index is -0.788. The molecule has 0 radical (unpaired) electrons. The molecule has 0 aliphatic carbocycles. The van der Waals surface area contributed by atoms with E-state index >= 15 is 0 Å². The quantitative estimate of drug-likeness (QED) is 0.324. The van der Waals surface area contributed by atoms with Crippen molar-refractivity contribution in [1.82, 2.24) is 4.90 Å². The molecule has 0 unspecified atom stereocenters. The molecule has 3 aromatic rings. The summed E-state index contributed by atoms with van der Waals surface area (Å²) in [6.45, 7) is 3.41. The molecule has 0 bridgehead atoms. The summed E-state index contributed by atoms with van der Waals surface area (Å²) < 4.78 is 16.9. The normalized spacial score (nSPS) is 18.5. The minimum absolute atomic E-state index is 0.0243. The fourth-order valence-corrected chi connectivity index (χ4v) is 4.46. The Morgan fingerprint density at radius 3 is 2.51 bits per heavy atom. The predicted octanol–water partition coefficient (Wildman–Crippen LogP) is 4.48. The van der Waals surface area contributed by atoms with Gasteiger partial charge in [0.1, 0.15) is 24.7 Å². The van der Waals surface area contributed by atoms with Crippen molar-refractivity contribution in [2.75, 3.05) is 19.8 Å². The second-order valence-corrected chi connectivity index (χ2v) is 8.28. The lowest BCUT2D eigenvalue weighted by molar-refractivity contribution is -0.140. The Labute approximate surface area is 203 Å².